The van der Waals surface area contributed by atoms with Crippen molar-refractivity contribution in [3.05, 3.63) is 12.2 Å². The van der Waals surface area contributed by atoms with Crippen molar-refractivity contribution >= 4 is 11.8 Å². The van der Waals surface area contributed by atoms with Crippen LogP contribution in [-0.4, -0.2) is 58.4 Å². The van der Waals surface area contributed by atoms with E-state index in [9.17, 15) is 14.7 Å². The summed E-state index contributed by atoms with van der Waals surface area (Å²) in [5.41, 5.74) is -1.04. The zero-order valence-corrected chi connectivity index (χ0v) is 9.07. The van der Waals surface area contributed by atoms with Crippen LogP contribution in [0.1, 0.15) is 0 Å². The molecule has 0 saturated carbocycles. The number of aliphatic hydroxyl groups excluding tert-OH is 2. The van der Waals surface area contributed by atoms with Gasteiger partial charge in [-0.05, 0) is 0 Å². The summed E-state index contributed by atoms with van der Waals surface area (Å²) in [7, 11) is 0. The summed E-state index contributed by atoms with van der Waals surface area (Å²) in [6.45, 7) is -0.548. The number of aliphatic hydroxyl groups is 2. The van der Waals surface area contributed by atoms with Gasteiger partial charge in [0.1, 0.15) is 5.60 Å². The molecule has 3 rings (SSSR count). The highest BCUT2D eigenvalue weighted by Crippen LogP contribution is 2.51. The van der Waals surface area contributed by atoms with Gasteiger partial charge in [-0.2, -0.15) is 0 Å². The summed E-state index contributed by atoms with van der Waals surface area (Å²) in [5.74, 6) is -1.83. The number of nitrogens with zero attached hydrogens (tertiary/aromatic N) is 1. The van der Waals surface area contributed by atoms with Gasteiger partial charge in [0.2, 0.25) is 11.8 Å². The zero-order chi connectivity index (χ0) is 12.2. The summed E-state index contributed by atoms with van der Waals surface area (Å²) in [6.07, 6.45) is 2.98. The van der Waals surface area contributed by atoms with Gasteiger partial charge in [-0.3, -0.25) is 14.5 Å². The fourth-order valence-electron chi connectivity index (χ4n) is 3.06. The Labute approximate surface area is 97.5 Å². The minimum Gasteiger partial charge on any atom is -0.395 e. The molecular formula is C11H13NO5. The number of fused-ring (bicyclic) bond motifs is 5. The molecule has 2 saturated heterocycles. The van der Waals surface area contributed by atoms with Crippen LogP contribution < -0.4 is 0 Å². The van der Waals surface area contributed by atoms with Crippen LogP contribution in [-0.2, 0) is 14.3 Å². The Morgan fingerprint density at radius 2 is 2.12 bits per heavy atom. The van der Waals surface area contributed by atoms with Crippen molar-refractivity contribution in [2.45, 2.75) is 11.7 Å². The molecule has 0 aromatic heterocycles. The van der Waals surface area contributed by atoms with Crippen LogP contribution in [0.4, 0.5) is 0 Å². The Balaban J connectivity index is 1.99. The number of likely N-dealkylation sites (tertiary alicyclic amines) is 1. The highest BCUT2D eigenvalue weighted by Gasteiger charge is 2.67. The molecule has 4 atom stereocenters. The van der Waals surface area contributed by atoms with E-state index in [4.69, 9.17) is 9.84 Å². The SMILES string of the molecule is O=C1[C@H]2[C@H]3C=C[C@@](CO)(O3)[C@H]2C(=O)N1CCO. The predicted molar refractivity (Wildman–Crippen MR) is 54.6 cm³/mol. The molecule has 3 aliphatic heterocycles. The molecule has 0 aromatic carbocycles. The normalized spacial score (nSPS) is 42.7. The van der Waals surface area contributed by atoms with E-state index in [0.29, 0.717) is 0 Å². The monoisotopic (exact) mass is 239 g/mol. The molecule has 2 amide bonds. The average Bonchev–Trinajstić information content (AvgIpc) is 2.96. The van der Waals surface area contributed by atoms with E-state index < -0.39 is 23.5 Å². The van der Waals surface area contributed by atoms with Crippen LogP contribution >= 0.6 is 0 Å². The van der Waals surface area contributed by atoms with Gasteiger partial charge in [-0.15, -0.1) is 0 Å². The minimum atomic E-state index is -1.04. The van der Waals surface area contributed by atoms with Crippen LogP contribution in [0.2, 0.25) is 0 Å². The molecule has 0 radical (unpaired) electrons. The first-order valence-electron chi connectivity index (χ1n) is 5.59. The maximum Gasteiger partial charge on any atom is 0.236 e. The van der Waals surface area contributed by atoms with Gasteiger partial charge in [0.05, 0.1) is 37.7 Å². The fourth-order valence-corrected chi connectivity index (χ4v) is 3.06. The quantitative estimate of drug-likeness (QED) is 0.452. The van der Waals surface area contributed by atoms with Gasteiger partial charge >= 0.3 is 0 Å². The number of amides is 2. The highest BCUT2D eigenvalue weighted by atomic mass is 16.5. The Bertz CT molecular complexity index is 420. The largest absolute Gasteiger partial charge is 0.395 e. The molecule has 3 heterocycles. The number of ether oxygens (including phenoxy) is 1. The fraction of sp³-hybridized carbons (Fsp3) is 0.636. The van der Waals surface area contributed by atoms with Crippen LogP contribution in [0.25, 0.3) is 0 Å². The number of carbonyl (C=O) groups is 2. The molecule has 0 spiro atoms. The average molecular weight is 239 g/mol. The van der Waals surface area contributed by atoms with Crippen LogP contribution in [0.3, 0.4) is 0 Å². The number of rotatable bonds is 3. The topological polar surface area (TPSA) is 87.1 Å². The van der Waals surface area contributed by atoms with E-state index in [0.717, 1.165) is 4.90 Å². The molecule has 6 nitrogen and oxygen atoms in total. The molecule has 2 bridgehead atoms. The summed E-state index contributed by atoms with van der Waals surface area (Å²) in [5, 5.41) is 18.3. The molecule has 0 aromatic rings. The zero-order valence-electron chi connectivity index (χ0n) is 9.07. The highest BCUT2D eigenvalue weighted by molar-refractivity contribution is 6.07. The maximum atomic E-state index is 12.1. The lowest BCUT2D eigenvalue weighted by Crippen LogP contribution is -2.43. The molecule has 17 heavy (non-hydrogen) atoms. The number of imide groups is 1. The predicted octanol–water partition coefficient (Wildman–Crippen LogP) is -1.72. The van der Waals surface area contributed by atoms with E-state index >= 15 is 0 Å². The van der Waals surface area contributed by atoms with E-state index in [1.165, 1.54) is 0 Å². The lowest BCUT2D eigenvalue weighted by atomic mass is 9.77. The van der Waals surface area contributed by atoms with Crippen LogP contribution in [0.15, 0.2) is 12.2 Å². The first-order valence-corrected chi connectivity index (χ1v) is 5.59. The Hall–Kier alpha value is -1.24. The second-order valence-corrected chi connectivity index (χ2v) is 4.61. The first-order chi connectivity index (χ1) is 8.14. The lowest BCUT2D eigenvalue weighted by Gasteiger charge is -2.26. The lowest BCUT2D eigenvalue weighted by molar-refractivity contribution is -0.145. The van der Waals surface area contributed by atoms with Crippen molar-refractivity contribution in [1.82, 2.24) is 4.90 Å². The van der Waals surface area contributed by atoms with E-state index in [1.807, 2.05) is 0 Å². The molecule has 92 valence electrons. The maximum absolute atomic E-state index is 12.1. The van der Waals surface area contributed by atoms with Crippen molar-refractivity contribution in [3.8, 4) is 0 Å². The van der Waals surface area contributed by atoms with E-state index in [1.54, 1.807) is 12.2 Å². The summed E-state index contributed by atoms with van der Waals surface area (Å²) < 4.78 is 5.55. The van der Waals surface area contributed by atoms with Crippen molar-refractivity contribution < 1.29 is 24.5 Å². The third-order valence-corrected chi connectivity index (χ3v) is 3.82. The minimum absolute atomic E-state index is 0.0128. The van der Waals surface area contributed by atoms with Crippen LogP contribution in [0.5, 0.6) is 0 Å². The van der Waals surface area contributed by atoms with Crippen molar-refractivity contribution in [2.75, 3.05) is 19.8 Å². The van der Waals surface area contributed by atoms with Gasteiger partial charge in [0.15, 0.2) is 0 Å². The molecular weight excluding hydrogens is 226 g/mol. The molecule has 2 N–H and O–H groups in total. The standard InChI is InChI=1S/C11H13NO5/c13-4-3-12-9(15)7-6-1-2-11(5-14,17-6)8(7)10(12)16/h1-2,6-8,13-14H,3-5H2/t6-,7+,8-,11+/m1/s1. The smallest absolute Gasteiger partial charge is 0.236 e. The molecule has 2 fully saturated rings. The van der Waals surface area contributed by atoms with Crippen LogP contribution in [0, 0.1) is 11.8 Å². The van der Waals surface area contributed by atoms with E-state index in [2.05, 4.69) is 0 Å². The molecule has 0 unspecified atom stereocenters. The second-order valence-electron chi connectivity index (χ2n) is 4.61. The molecule has 0 aliphatic carbocycles. The summed E-state index contributed by atoms with van der Waals surface area (Å²) >= 11 is 0. The molecule has 3 aliphatic rings. The first kappa shape index (κ1) is 10.9. The number of carbonyl (C=O) groups excluding carboxylic acids is 2. The van der Waals surface area contributed by atoms with Gasteiger partial charge in [0, 0.05) is 0 Å². The number of β-amino-alcohol motifs (C(OH)–C–C–N with tert-alkyl or cyclic N) is 1. The Morgan fingerprint density at radius 3 is 2.76 bits per heavy atom. The van der Waals surface area contributed by atoms with Crippen molar-refractivity contribution in [1.29, 1.82) is 0 Å². The van der Waals surface area contributed by atoms with Crippen molar-refractivity contribution in [3.63, 3.8) is 0 Å². The molecule has 6 heteroatoms. The van der Waals surface area contributed by atoms with Crippen molar-refractivity contribution in [2.24, 2.45) is 11.8 Å². The van der Waals surface area contributed by atoms with E-state index in [-0.39, 0.29) is 31.6 Å². The second kappa shape index (κ2) is 3.38. The summed E-state index contributed by atoms with van der Waals surface area (Å²) in [4.78, 5) is 25.2. The summed E-state index contributed by atoms with van der Waals surface area (Å²) in [6, 6.07) is 0. The van der Waals surface area contributed by atoms with Gasteiger partial charge < -0.3 is 14.9 Å². The Kier molecular flexibility index (Phi) is 2.16. The number of hydrogen-bond acceptors (Lipinski definition) is 5. The number of hydrogen-bond donors (Lipinski definition) is 2. The third kappa shape index (κ3) is 1.15. The van der Waals surface area contributed by atoms with Gasteiger partial charge in [0.25, 0.3) is 0 Å². The third-order valence-electron chi connectivity index (χ3n) is 3.82. The van der Waals surface area contributed by atoms with Gasteiger partial charge in [-0.25, -0.2) is 0 Å². The van der Waals surface area contributed by atoms with Gasteiger partial charge in [-0.1, -0.05) is 12.2 Å². The Morgan fingerprint density at radius 1 is 1.35 bits per heavy atom.